The van der Waals surface area contributed by atoms with Gasteiger partial charge in [0.2, 0.25) is 0 Å². The second kappa shape index (κ2) is 4.38. The van der Waals surface area contributed by atoms with E-state index in [1.165, 1.54) is 0 Å². The van der Waals surface area contributed by atoms with Crippen LogP contribution in [-0.4, -0.2) is 25.5 Å². The number of rotatable bonds is 1. The molecule has 1 unspecified atom stereocenters. The number of hydrogen-bond donors (Lipinski definition) is 1. The van der Waals surface area contributed by atoms with Crippen molar-refractivity contribution in [3.8, 4) is 6.07 Å². The summed E-state index contributed by atoms with van der Waals surface area (Å²) in [6.07, 6.45) is 0. The zero-order chi connectivity index (χ0) is 13.4. The minimum atomic E-state index is -3.03. The van der Waals surface area contributed by atoms with Crippen LogP contribution in [0, 0.1) is 11.3 Å². The van der Waals surface area contributed by atoms with E-state index in [4.69, 9.17) is 5.26 Å². The molecule has 1 saturated heterocycles. The van der Waals surface area contributed by atoms with Crippen molar-refractivity contribution < 1.29 is 8.42 Å². The molecule has 1 aromatic rings. The zero-order valence-corrected chi connectivity index (χ0v) is 11.3. The maximum absolute atomic E-state index is 11.9. The molecule has 1 N–H and O–H groups in total. The van der Waals surface area contributed by atoms with Crippen molar-refractivity contribution >= 4 is 9.84 Å². The highest BCUT2D eigenvalue weighted by molar-refractivity contribution is 7.91. The molecule has 2 rings (SSSR count). The van der Waals surface area contributed by atoms with Gasteiger partial charge in [-0.05, 0) is 31.5 Å². The highest BCUT2D eigenvalue weighted by atomic mass is 32.2. The van der Waals surface area contributed by atoms with E-state index in [9.17, 15) is 8.42 Å². The van der Waals surface area contributed by atoms with Gasteiger partial charge < -0.3 is 5.32 Å². The molecule has 0 aromatic heterocycles. The Morgan fingerprint density at radius 3 is 2.44 bits per heavy atom. The molecule has 96 valence electrons. The van der Waals surface area contributed by atoms with Crippen LogP contribution in [0.4, 0.5) is 0 Å². The summed E-state index contributed by atoms with van der Waals surface area (Å²) in [6, 6.07) is 8.90. The first-order valence-corrected chi connectivity index (χ1v) is 7.62. The fourth-order valence-corrected chi connectivity index (χ4v) is 4.47. The van der Waals surface area contributed by atoms with Gasteiger partial charge >= 0.3 is 0 Å². The van der Waals surface area contributed by atoms with Crippen LogP contribution in [0.1, 0.15) is 31.0 Å². The Morgan fingerprint density at radius 2 is 1.94 bits per heavy atom. The van der Waals surface area contributed by atoms with Crippen molar-refractivity contribution in [2.24, 2.45) is 0 Å². The molecule has 5 heteroatoms. The van der Waals surface area contributed by atoms with E-state index in [0.717, 1.165) is 5.56 Å². The third kappa shape index (κ3) is 2.89. The molecule has 1 aromatic carbocycles. The summed E-state index contributed by atoms with van der Waals surface area (Å²) in [5, 5.41) is 12.1. The predicted octanol–water partition coefficient (Wildman–Crippen LogP) is 1.40. The molecule has 1 heterocycles. The lowest BCUT2D eigenvalue weighted by Crippen LogP contribution is -2.54. The second-order valence-corrected chi connectivity index (χ2v) is 7.48. The molecule has 1 aliphatic rings. The van der Waals surface area contributed by atoms with Crippen LogP contribution in [-0.2, 0) is 9.84 Å². The smallest absolute Gasteiger partial charge is 0.153 e. The molecule has 18 heavy (non-hydrogen) atoms. The lowest BCUT2D eigenvalue weighted by Gasteiger charge is -2.37. The number of nitrogens with zero attached hydrogens (tertiary/aromatic N) is 1. The number of benzene rings is 1. The summed E-state index contributed by atoms with van der Waals surface area (Å²) < 4.78 is 23.8. The summed E-state index contributed by atoms with van der Waals surface area (Å²) >= 11 is 0. The number of sulfone groups is 1. The molecule has 1 fully saturated rings. The van der Waals surface area contributed by atoms with Crippen LogP contribution < -0.4 is 5.32 Å². The first-order valence-electron chi connectivity index (χ1n) is 5.79. The Labute approximate surface area is 108 Å². The highest BCUT2D eigenvalue weighted by Crippen LogP contribution is 2.25. The van der Waals surface area contributed by atoms with E-state index in [1.54, 1.807) is 12.1 Å². The Morgan fingerprint density at radius 1 is 1.33 bits per heavy atom. The second-order valence-electron chi connectivity index (χ2n) is 5.37. The third-order valence-corrected chi connectivity index (χ3v) is 5.01. The molecule has 0 amide bonds. The molecular weight excluding hydrogens is 248 g/mol. The predicted molar refractivity (Wildman–Crippen MR) is 69.8 cm³/mol. The first kappa shape index (κ1) is 13.1. The summed E-state index contributed by atoms with van der Waals surface area (Å²) in [6.45, 7) is 3.78. The lowest BCUT2D eigenvalue weighted by atomic mass is 10.0. The van der Waals surface area contributed by atoms with Gasteiger partial charge in [0, 0.05) is 11.6 Å². The van der Waals surface area contributed by atoms with Crippen molar-refractivity contribution in [3.05, 3.63) is 35.4 Å². The summed E-state index contributed by atoms with van der Waals surface area (Å²) in [4.78, 5) is 0. The molecule has 0 spiro atoms. The van der Waals surface area contributed by atoms with Gasteiger partial charge in [-0.15, -0.1) is 0 Å². The van der Waals surface area contributed by atoms with Gasteiger partial charge in [-0.2, -0.15) is 5.26 Å². The number of hydrogen-bond acceptors (Lipinski definition) is 4. The van der Waals surface area contributed by atoms with Crippen molar-refractivity contribution in [1.29, 1.82) is 5.26 Å². The average molecular weight is 264 g/mol. The van der Waals surface area contributed by atoms with E-state index in [1.807, 2.05) is 26.0 Å². The molecule has 0 saturated carbocycles. The Hall–Kier alpha value is -1.38. The average Bonchev–Trinajstić information content (AvgIpc) is 2.25. The van der Waals surface area contributed by atoms with Crippen LogP contribution in [0.2, 0.25) is 0 Å². The summed E-state index contributed by atoms with van der Waals surface area (Å²) in [7, 11) is -3.03. The standard InChI is InChI=1S/C13H16N2O2S/c1-13(2)9-18(16,17)8-12(15-13)11-5-3-10(7-14)4-6-11/h3-6,12,15H,8-9H2,1-2H3. The highest BCUT2D eigenvalue weighted by Gasteiger charge is 2.36. The molecular formula is C13H16N2O2S. The SMILES string of the molecule is CC1(C)CS(=O)(=O)CC(c2ccc(C#N)cc2)N1. The topological polar surface area (TPSA) is 70.0 Å². The van der Waals surface area contributed by atoms with Crippen LogP contribution >= 0.6 is 0 Å². The van der Waals surface area contributed by atoms with Gasteiger partial charge in [0.05, 0.1) is 23.1 Å². The van der Waals surface area contributed by atoms with Gasteiger partial charge in [0.1, 0.15) is 0 Å². The van der Waals surface area contributed by atoms with E-state index in [2.05, 4.69) is 11.4 Å². The number of nitriles is 1. The Bertz CT molecular complexity index is 582. The quantitative estimate of drug-likeness (QED) is 0.832. The molecule has 4 nitrogen and oxygen atoms in total. The van der Waals surface area contributed by atoms with Crippen LogP contribution in [0.15, 0.2) is 24.3 Å². The van der Waals surface area contributed by atoms with Gasteiger partial charge in [-0.1, -0.05) is 12.1 Å². The lowest BCUT2D eigenvalue weighted by molar-refractivity contribution is 0.360. The molecule has 0 radical (unpaired) electrons. The molecule has 1 atom stereocenters. The van der Waals surface area contributed by atoms with Crippen LogP contribution in [0.25, 0.3) is 0 Å². The van der Waals surface area contributed by atoms with Crippen LogP contribution in [0.5, 0.6) is 0 Å². The van der Waals surface area contributed by atoms with Gasteiger partial charge in [-0.25, -0.2) is 8.42 Å². The molecule has 1 aliphatic heterocycles. The summed E-state index contributed by atoms with van der Waals surface area (Å²) in [5.41, 5.74) is 1.07. The van der Waals surface area contributed by atoms with Gasteiger partial charge in [0.25, 0.3) is 0 Å². The Balaban J connectivity index is 2.30. The normalized spacial score (nSPS) is 25.3. The minimum Gasteiger partial charge on any atom is -0.303 e. The monoisotopic (exact) mass is 264 g/mol. The fourth-order valence-electron chi connectivity index (χ4n) is 2.39. The van der Waals surface area contributed by atoms with Crippen LogP contribution in [0.3, 0.4) is 0 Å². The van der Waals surface area contributed by atoms with Crippen molar-refractivity contribution in [2.45, 2.75) is 25.4 Å². The maximum Gasteiger partial charge on any atom is 0.153 e. The fraction of sp³-hybridized carbons (Fsp3) is 0.462. The van der Waals surface area contributed by atoms with E-state index >= 15 is 0 Å². The molecule has 0 aliphatic carbocycles. The number of nitrogens with one attached hydrogen (secondary N) is 1. The largest absolute Gasteiger partial charge is 0.303 e. The van der Waals surface area contributed by atoms with Crippen molar-refractivity contribution in [3.63, 3.8) is 0 Å². The minimum absolute atomic E-state index is 0.113. The van der Waals surface area contributed by atoms with Gasteiger partial charge in [-0.3, -0.25) is 0 Å². The van der Waals surface area contributed by atoms with Gasteiger partial charge in [0.15, 0.2) is 9.84 Å². The zero-order valence-electron chi connectivity index (χ0n) is 10.5. The van der Waals surface area contributed by atoms with Crippen molar-refractivity contribution in [2.75, 3.05) is 11.5 Å². The third-order valence-electron chi connectivity index (χ3n) is 3.01. The van der Waals surface area contributed by atoms with E-state index in [-0.39, 0.29) is 17.5 Å². The van der Waals surface area contributed by atoms with E-state index in [0.29, 0.717) is 5.56 Å². The molecule has 0 bridgehead atoms. The first-order chi connectivity index (χ1) is 8.31. The summed E-state index contributed by atoms with van der Waals surface area (Å²) in [5.74, 6) is 0.273. The van der Waals surface area contributed by atoms with Crippen molar-refractivity contribution in [1.82, 2.24) is 5.32 Å². The van der Waals surface area contributed by atoms with E-state index < -0.39 is 15.4 Å². The Kier molecular flexibility index (Phi) is 3.18. The maximum atomic E-state index is 11.9.